The topological polar surface area (TPSA) is 81.0 Å². The molecule has 5 nitrogen and oxygen atoms in total. The van der Waals surface area contributed by atoms with Gasteiger partial charge in [0.1, 0.15) is 0 Å². The highest BCUT2D eigenvalue weighted by Crippen LogP contribution is 2.57. The van der Waals surface area contributed by atoms with Gasteiger partial charge in [-0.1, -0.05) is 6.08 Å². The molecule has 0 radical (unpaired) electrons. The normalized spacial score (nSPS) is 22.0. The molecule has 0 bridgehead atoms. The molecular formula is C14H13F6NO4S. The van der Waals surface area contributed by atoms with Gasteiger partial charge < -0.3 is 5.11 Å². The molecule has 1 aromatic carbocycles. The first kappa shape index (κ1) is 20.4. The molecule has 0 amide bonds. The maximum atomic E-state index is 12.9. The number of carboxylic acid groups (broad SMARTS) is 1. The van der Waals surface area contributed by atoms with Crippen LogP contribution in [0.25, 0.3) is 0 Å². The minimum Gasteiger partial charge on any atom is -0.478 e. The van der Waals surface area contributed by atoms with Gasteiger partial charge >= 0.3 is 18.3 Å². The first-order valence-electron chi connectivity index (χ1n) is 6.98. The van der Waals surface area contributed by atoms with E-state index in [0.717, 1.165) is 6.08 Å². The molecule has 26 heavy (non-hydrogen) atoms. The van der Waals surface area contributed by atoms with Crippen LogP contribution in [0.5, 0.6) is 0 Å². The Morgan fingerprint density at radius 1 is 1.08 bits per heavy atom. The van der Waals surface area contributed by atoms with Crippen LogP contribution in [0.1, 0.15) is 17.5 Å². The van der Waals surface area contributed by atoms with Crippen molar-refractivity contribution in [1.82, 2.24) is 0 Å². The number of carboxylic acids is 1. The predicted molar refractivity (Wildman–Crippen MR) is 81.8 cm³/mol. The minimum atomic E-state index is -5.07. The number of alkyl halides is 6. The van der Waals surface area contributed by atoms with E-state index < -0.39 is 51.2 Å². The third kappa shape index (κ3) is 4.24. The van der Waals surface area contributed by atoms with E-state index in [9.17, 15) is 40.2 Å². The Labute approximate surface area is 145 Å². The zero-order chi connectivity index (χ0) is 19.9. The summed E-state index contributed by atoms with van der Waals surface area (Å²) in [7, 11) is -3.85. The molecule has 0 spiro atoms. The number of carbonyl (C=O) groups is 1. The lowest BCUT2D eigenvalue weighted by Gasteiger charge is -2.41. The van der Waals surface area contributed by atoms with Gasteiger partial charge in [0.05, 0.1) is 22.1 Å². The molecule has 1 saturated heterocycles. The fourth-order valence-corrected chi connectivity index (χ4v) is 4.29. The van der Waals surface area contributed by atoms with Gasteiger partial charge in [0.15, 0.2) is 0 Å². The van der Waals surface area contributed by atoms with E-state index in [1.165, 1.54) is 0 Å². The van der Waals surface area contributed by atoms with Gasteiger partial charge in [0.25, 0.3) is 0 Å². The Balaban J connectivity index is 2.49. The van der Waals surface area contributed by atoms with Gasteiger partial charge in [-0.05, 0) is 24.6 Å². The average molecular weight is 405 g/mol. The molecule has 1 heterocycles. The van der Waals surface area contributed by atoms with Crippen molar-refractivity contribution in [3.05, 3.63) is 41.5 Å². The van der Waals surface area contributed by atoms with Crippen molar-refractivity contribution in [2.75, 3.05) is 10.8 Å². The van der Waals surface area contributed by atoms with E-state index in [1.54, 1.807) is 0 Å². The number of halogens is 6. The van der Waals surface area contributed by atoms with Crippen LogP contribution in [0.4, 0.5) is 32.0 Å². The van der Waals surface area contributed by atoms with Crippen molar-refractivity contribution >= 4 is 22.4 Å². The molecule has 1 atom stereocenters. The number of anilines is 1. The Hall–Kier alpha value is -1.92. The van der Waals surface area contributed by atoms with Gasteiger partial charge in [-0.2, -0.15) is 26.3 Å². The van der Waals surface area contributed by atoms with Gasteiger partial charge in [-0.15, -0.1) is 10.8 Å². The SMILES string of the molecule is O=C(O)/C=C/C1CCN(c2cc(C(F)(F)F)cc(C(F)(F)F)c2)S1(O)O. The summed E-state index contributed by atoms with van der Waals surface area (Å²) in [6, 6.07) is 0.729. The second kappa shape index (κ2) is 6.67. The van der Waals surface area contributed by atoms with Gasteiger partial charge in [0, 0.05) is 12.6 Å². The summed E-state index contributed by atoms with van der Waals surface area (Å²) in [6.07, 6.45) is -8.60. The van der Waals surface area contributed by atoms with Crippen LogP contribution in [-0.4, -0.2) is 32.0 Å². The molecule has 1 aliphatic heterocycles. The third-order valence-corrected chi connectivity index (χ3v) is 5.91. The first-order valence-corrected chi connectivity index (χ1v) is 8.55. The number of hydrogen-bond donors (Lipinski definition) is 3. The molecule has 1 aliphatic rings. The Kier molecular flexibility index (Phi) is 5.23. The van der Waals surface area contributed by atoms with Crippen molar-refractivity contribution < 1.29 is 45.3 Å². The van der Waals surface area contributed by atoms with Crippen LogP contribution in [0.2, 0.25) is 0 Å². The molecule has 2 rings (SSSR count). The van der Waals surface area contributed by atoms with E-state index in [2.05, 4.69) is 0 Å². The highest BCUT2D eigenvalue weighted by Gasteiger charge is 2.41. The van der Waals surface area contributed by atoms with Crippen molar-refractivity contribution in [3.8, 4) is 0 Å². The van der Waals surface area contributed by atoms with Crippen molar-refractivity contribution in [3.63, 3.8) is 0 Å². The average Bonchev–Trinajstić information content (AvgIpc) is 2.77. The van der Waals surface area contributed by atoms with E-state index in [4.69, 9.17) is 5.11 Å². The van der Waals surface area contributed by atoms with E-state index in [-0.39, 0.29) is 19.0 Å². The van der Waals surface area contributed by atoms with Gasteiger partial charge in [0.2, 0.25) is 0 Å². The fourth-order valence-electron chi connectivity index (χ4n) is 2.46. The maximum Gasteiger partial charge on any atom is 0.416 e. The molecule has 1 unspecified atom stereocenters. The fraction of sp³-hybridized carbons (Fsp3) is 0.357. The zero-order valence-electron chi connectivity index (χ0n) is 12.8. The van der Waals surface area contributed by atoms with E-state index >= 15 is 0 Å². The summed E-state index contributed by atoms with van der Waals surface area (Å²) in [6.45, 7) is -0.254. The highest BCUT2D eigenvalue weighted by molar-refractivity contribution is 8.26. The lowest BCUT2D eigenvalue weighted by molar-refractivity contribution is -0.143. The van der Waals surface area contributed by atoms with Crippen LogP contribution in [0.3, 0.4) is 0 Å². The van der Waals surface area contributed by atoms with Crippen LogP contribution in [0, 0.1) is 0 Å². The number of hydrogen-bond acceptors (Lipinski definition) is 4. The molecule has 1 aromatic rings. The van der Waals surface area contributed by atoms with Crippen LogP contribution < -0.4 is 4.31 Å². The van der Waals surface area contributed by atoms with Crippen LogP contribution in [0.15, 0.2) is 30.4 Å². The molecular weight excluding hydrogens is 392 g/mol. The molecule has 3 N–H and O–H groups in total. The summed E-state index contributed by atoms with van der Waals surface area (Å²) in [4.78, 5) is 10.5. The van der Waals surface area contributed by atoms with E-state index in [0.29, 0.717) is 22.5 Å². The van der Waals surface area contributed by atoms with E-state index in [1.807, 2.05) is 0 Å². The highest BCUT2D eigenvalue weighted by atomic mass is 32.3. The number of benzene rings is 1. The second-order valence-electron chi connectivity index (χ2n) is 5.45. The molecule has 1 fully saturated rings. The largest absolute Gasteiger partial charge is 0.478 e. The lowest BCUT2D eigenvalue weighted by atomic mass is 10.1. The second-order valence-corrected chi connectivity index (χ2v) is 7.62. The third-order valence-electron chi connectivity index (χ3n) is 3.66. The molecule has 0 saturated carbocycles. The molecule has 0 aromatic heterocycles. The first-order chi connectivity index (χ1) is 11.7. The quantitative estimate of drug-likeness (QED) is 0.506. The maximum absolute atomic E-state index is 12.9. The summed E-state index contributed by atoms with van der Waals surface area (Å²) >= 11 is 0. The number of nitrogens with zero attached hydrogens (tertiary/aromatic N) is 1. The minimum absolute atomic E-state index is 0.0519. The Morgan fingerprint density at radius 2 is 1.58 bits per heavy atom. The smallest absolute Gasteiger partial charge is 0.416 e. The Morgan fingerprint density at radius 3 is 2.00 bits per heavy atom. The van der Waals surface area contributed by atoms with Crippen LogP contribution in [-0.2, 0) is 17.1 Å². The van der Waals surface area contributed by atoms with Crippen molar-refractivity contribution in [2.45, 2.75) is 24.0 Å². The summed E-state index contributed by atoms with van der Waals surface area (Å²) in [5.74, 6) is -1.38. The monoisotopic (exact) mass is 405 g/mol. The van der Waals surface area contributed by atoms with Gasteiger partial charge in [-0.25, -0.2) is 4.79 Å². The van der Waals surface area contributed by atoms with Crippen molar-refractivity contribution in [2.24, 2.45) is 0 Å². The van der Waals surface area contributed by atoms with Crippen molar-refractivity contribution in [1.29, 1.82) is 0 Å². The summed E-state index contributed by atoms with van der Waals surface area (Å²) in [5, 5.41) is 7.44. The molecule has 12 heteroatoms. The predicted octanol–water partition coefficient (Wildman–Crippen LogP) is 4.61. The Bertz CT molecular complexity index is 699. The molecule has 0 aliphatic carbocycles. The number of rotatable bonds is 3. The summed E-state index contributed by atoms with van der Waals surface area (Å²) < 4.78 is 98.6. The van der Waals surface area contributed by atoms with Gasteiger partial charge in [-0.3, -0.25) is 13.4 Å². The lowest BCUT2D eigenvalue weighted by Crippen LogP contribution is -2.25. The molecule has 146 valence electrons. The summed E-state index contributed by atoms with van der Waals surface area (Å²) in [5.41, 5.74) is -3.82. The zero-order valence-corrected chi connectivity index (χ0v) is 13.6. The number of aliphatic carboxylic acids is 1. The standard InChI is InChI=1S/C14H13F6NO4S/c15-13(16,17)8-5-9(14(18,19)20)7-10(6-8)21-4-3-11(26(21,24)25)1-2-12(22)23/h1-2,5-7,11,24-25H,3-4H2,(H,22,23)/b2-1+. The van der Waals surface area contributed by atoms with Crippen LogP contribution >= 0.6 is 10.8 Å².